The second kappa shape index (κ2) is 5.30. The fourth-order valence-electron chi connectivity index (χ4n) is 1.72. The van der Waals surface area contributed by atoms with Crippen molar-refractivity contribution in [3.05, 3.63) is 34.6 Å². The summed E-state index contributed by atoms with van der Waals surface area (Å²) in [6.45, 7) is 0. The van der Waals surface area contributed by atoms with Crippen molar-refractivity contribution in [2.45, 2.75) is 12.8 Å². The molecule has 0 aliphatic carbocycles. The van der Waals surface area contributed by atoms with Gasteiger partial charge in [0.1, 0.15) is 5.69 Å². The van der Waals surface area contributed by atoms with Crippen LogP contribution < -0.4 is 0 Å². The summed E-state index contributed by atoms with van der Waals surface area (Å²) in [4.78, 5) is 14.9. The third-order valence-corrected chi connectivity index (χ3v) is 3.37. The quantitative estimate of drug-likeness (QED) is 0.940. The summed E-state index contributed by atoms with van der Waals surface area (Å²) in [6.07, 6.45) is 2.18. The molecule has 0 atom stereocenters. The topological polar surface area (TPSA) is 68.0 Å². The van der Waals surface area contributed by atoms with Gasteiger partial charge in [0, 0.05) is 19.7 Å². The molecule has 0 amide bonds. The Morgan fingerprint density at radius 3 is 2.89 bits per heavy atom. The first-order chi connectivity index (χ1) is 8.59. The van der Waals surface area contributed by atoms with Crippen molar-refractivity contribution in [1.82, 2.24) is 14.8 Å². The van der Waals surface area contributed by atoms with Crippen LogP contribution in [0.15, 0.2) is 28.9 Å². The molecule has 18 heavy (non-hydrogen) atoms. The molecule has 5 nitrogen and oxygen atoms in total. The van der Waals surface area contributed by atoms with E-state index in [1.165, 1.54) is 0 Å². The normalized spacial score (nSPS) is 10.6. The van der Waals surface area contributed by atoms with Crippen LogP contribution in [0.5, 0.6) is 0 Å². The van der Waals surface area contributed by atoms with E-state index in [0.29, 0.717) is 6.42 Å². The predicted octanol–water partition coefficient (Wildman–Crippen LogP) is 2.26. The first-order valence-electron chi connectivity index (χ1n) is 5.44. The lowest BCUT2D eigenvalue weighted by molar-refractivity contribution is -0.136. The van der Waals surface area contributed by atoms with Gasteiger partial charge in [0.25, 0.3) is 0 Å². The monoisotopic (exact) mass is 309 g/mol. The number of carboxylic acids is 1. The standard InChI is InChI=1S/C12H12BrN3O2/c1-16-12(9-4-2-3-7-14-9)11(13)8(15-16)5-6-10(17)18/h2-4,7H,5-6H2,1H3,(H,17,18). The lowest BCUT2D eigenvalue weighted by Crippen LogP contribution is -1.99. The summed E-state index contributed by atoms with van der Waals surface area (Å²) < 4.78 is 2.52. The second-order valence-corrected chi connectivity index (χ2v) is 4.63. The Kier molecular flexibility index (Phi) is 3.76. The Morgan fingerprint density at radius 1 is 1.50 bits per heavy atom. The van der Waals surface area contributed by atoms with E-state index in [-0.39, 0.29) is 6.42 Å². The minimum absolute atomic E-state index is 0.0667. The van der Waals surface area contributed by atoms with Crippen molar-refractivity contribution in [3.63, 3.8) is 0 Å². The average Bonchev–Trinajstić information content (AvgIpc) is 2.63. The number of aromatic nitrogens is 3. The number of hydrogen-bond donors (Lipinski definition) is 1. The molecule has 0 aromatic carbocycles. The van der Waals surface area contributed by atoms with Crippen molar-refractivity contribution < 1.29 is 9.90 Å². The number of carbonyl (C=O) groups is 1. The fourth-order valence-corrected chi connectivity index (χ4v) is 2.46. The Hall–Kier alpha value is -1.69. The molecule has 6 heteroatoms. The van der Waals surface area contributed by atoms with E-state index in [1.54, 1.807) is 10.9 Å². The smallest absolute Gasteiger partial charge is 0.303 e. The van der Waals surface area contributed by atoms with Crippen LogP contribution in [0.2, 0.25) is 0 Å². The maximum atomic E-state index is 10.6. The summed E-state index contributed by atoms with van der Waals surface area (Å²) in [5.74, 6) is -0.827. The van der Waals surface area contributed by atoms with Gasteiger partial charge in [0.2, 0.25) is 0 Å². The summed E-state index contributed by atoms with van der Waals surface area (Å²) in [6, 6.07) is 5.64. The number of halogens is 1. The van der Waals surface area contributed by atoms with Gasteiger partial charge in [-0.1, -0.05) is 6.07 Å². The van der Waals surface area contributed by atoms with Gasteiger partial charge >= 0.3 is 5.97 Å². The molecule has 0 spiro atoms. The van der Waals surface area contributed by atoms with Crippen LogP contribution in [-0.2, 0) is 18.3 Å². The van der Waals surface area contributed by atoms with Crippen molar-refractivity contribution in [2.75, 3.05) is 0 Å². The lowest BCUT2D eigenvalue weighted by atomic mass is 10.2. The highest BCUT2D eigenvalue weighted by Crippen LogP contribution is 2.29. The Bertz CT molecular complexity index is 566. The molecule has 0 saturated carbocycles. The van der Waals surface area contributed by atoms with Crippen molar-refractivity contribution in [1.29, 1.82) is 0 Å². The molecule has 2 aromatic rings. The van der Waals surface area contributed by atoms with Crippen molar-refractivity contribution in [2.24, 2.45) is 7.05 Å². The predicted molar refractivity (Wildman–Crippen MR) is 70.1 cm³/mol. The van der Waals surface area contributed by atoms with Crippen LogP contribution in [0, 0.1) is 0 Å². The third kappa shape index (κ3) is 2.59. The molecule has 94 valence electrons. The maximum absolute atomic E-state index is 10.6. The highest BCUT2D eigenvalue weighted by molar-refractivity contribution is 9.10. The second-order valence-electron chi connectivity index (χ2n) is 3.84. The van der Waals surface area contributed by atoms with E-state index in [2.05, 4.69) is 26.0 Å². The van der Waals surface area contributed by atoms with E-state index in [4.69, 9.17) is 5.11 Å². The molecular weight excluding hydrogens is 298 g/mol. The number of aryl methyl sites for hydroxylation is 2. The molecule has 2 rings (SSSR count). The number of hydrogen-bond acceptors (Lipinski definition) is 3. The zero-order valence-corrected chi connectivity index (χ0v) is 11.4. The molecule has 2 heterocycles. The molecule has 1 N–H and O–H groups in total. The lowest BCUT2D eigenvalue weighted by Gasteiger charge is -2.00. The van der Waals surface area contributed by atoms with Crippen LogP contribution >= 0.6 is 15.9 Å². The molecule has 0 aliphatic rings. The van der Waals surface area contributed by atoms with Gasteiger partial charge in [-0.05, 0) is 28.1 Å². The van der Waals surface area contributed by atoms with Gasteiger partial charge in [-0.15, -0.1) is 0 Å². The highest BCUT2D eigenvalue weighted by Gasteiger charge is 2.16. The molecule has 0 aliphatic heterocycles. The van der Waals surface area contributed by atoms with E-state index in [1.807, 2.05) is 25.2 Å². The summed E-state index contributed by atoms with van der Waals surface area (Å²) in [7, 11) is 1.82. The first-order valence-corrected chi connectivity index (χ1v) is 6.23. The molecule has 0 unspecified atom stereocenters. The van der Waals surface area contributed by atoms with Crippen LogP contribution in [0.3, 0.4) is 0 Å². The fraction of sp³-hybridized carbons (Fsp3) is 0.250. The summed E-state index contributed by atoms with van der Waals surface area (Å²) in [5.41, 5.74) is 2.40. The number of aliphatic carboxylic acids is 1. The minimum atomic E-state index is -0.827. The van der Waals surface area contributed by atoms with Gasteiger partial charge < -0.3 is 5.11 Å². The van der Waals surface area contributed by atoms with Crippen LogP contribution in [0.25, 0.3) is 11.4 Å². The van der Waals surface area contributed by atoms with Crippen molar-refractivity contribution in [3.8, 4) is 11.4 Å². The summed E-state index contributed by atoms with van der Waals surface area (Å²) in [5, 5.41) is 13.0. The van der Waals surface area contributed by atoms with Gasteiger partial charge in [-0.3, -0.25) is 14.5 Å². The number of nitrogens with zero attached hydrogens (tertiary/aromatic N) is 3. The van der Waals surface area contributed by atoms with Crippen molar-refractivity contribution >= 4 is 21.9 Å². The highest BCUT2D eigenvalue weighted by atomic mass is 79.9. The molecule has 0 saturated heterocycles. The van der Waals surface area contributed by atoms with Gasteiger partial charge in [-0.25, -0.2) is 0 Å². The van der Waals surface area contributed by atoms with E-state index >= 15 is 0 Å². The van der Waals surface area contributed by atoms with Crippen LogP contribution in [-0.4, -0.2) is 25.8 Å². The Balaban J connectivity index is 2.35. The zero-order valence-electron chi connectivity index (χ0n) is 9.80. The number of pyridine rings is 1. The molecule has 0 radical (unpaired) electrons. The SMILES string of the molecule is Cn1nc(CCC(=O)O)c(Br)c1-c1ccccn1. The maximum Gasteiger partial charge on any atom is 0.303 e. The third-order valence-electron chi connectivity index (χ3n) is 2.54. The Morgan fingerprint density at radius 2 is 2.28 bits per heavy atom. The van der Waals surface area contributed by atoms with E-state index in [9.17, 15) is 4.79 Å². The minimum Gasteiger partial charge on any atom is -0.481 e. The van der Waals surface area contributed by atoms with Crippen LogP contribution in [0.4, 0.5) is 0 Å². The largest absolute Gasteiger partial charge is 0.481 e. The number of carboxylic acid groups (broad SMARTS) is 1. The Labute approximate surface area is 113 Å². The molecule has 0 fully saturated rings. The first kappa shape index (κ1) is 12.8. The average molecular weight is 310 g/mol. The molecule has 2 aromatic heterocycles. The van der Waals surface area contributed by atoms with Gasteiger partial charge in [0.05, 0.1) is 22.3 Å². The van der Waals surface area contributed by atoms with E-state index < -0.39 is 5.97 Å². The zero-order chi connectivity index (χ0) is 13.1. The van der Waals surface area contributed by atoms with Gasteiger partial charge in [0.15, 0.2) is 0 Å². The molecular formula is C12H12BrN3O2. The van der Waals surface area contributed by atoms with E-state index in [0.717, 1.165) is 21.6 Å². The molecule has 0 bridgehead atoms. The van der Waals surface area contributed by atoms with Gasteiger partial charge in [-0.2, -0.15) is 5.10 Å². The van der Waals surface area contributed by atoms with Crippen LogP contribution in [0.1, 0.15) is 12.1 Å². The summed E-state index contributed by atoms with van der Waals surface area (Å²) >= 11 is 3.47. The number of rotatable bonds is 4.